The Hall–Kier alpha value is -3.60. The second kappa shape index (κ2) is 11.5. The van der Waals surface area contributed by atoms with Gasteiger partial charge in [-0.2, -0.15) is 0 Å². The van der Waals surface area contributed by atoms with Gasteiger partial charge < -0.3 is 24.0 Å². The first kappa shape index (κ1) is 27.9. The molecule has 2 aromatic heterocycles. The zero-order valence-electron chi connectivity index (χ0n) is 22.4. The quantitative estimate of drug-likeness (QED) is 0.254. The number of nitrogens with zero attached hydrogens (tertiary/aromatic N) is 3. The molecule has 1 N–H and O–H groups in total. The summed E-state index contributed by atoms with van der Waals surface area (Å²) >= 11 is 0. The van der Waals surface area contributed by atoms with E-state index in [1.165, 1.54) is 24.4 Å². The summed E-state index contributed by atoms with van der Waals surface area (Å²) in [5, 5.41) is 13.5. The fourth-order valence-electron chi connectivity index (χ4n) is 5.53. The summed E-state index contributed by atoms with van der Waals surface area (Å²) in [5.41, 5.74) is 2.00. The molecule has 0 amide bonds. The maximum Gasteiger partial charge on any atom is 0.573 e. The van der Waals surface area contributed by atoms with E-state index in [4.69, 9.17) is 9.26 Å². The molecule has 0 bridgehead atoms. The van der Waals surface area contributed by atoms with Crippen molar-refractivity contribution in [3.8, 4) is 17.0 Å². The maximum absolute atomic E-state index is 13.0. The summed E-state index contributed by atoms with van der Waals surface area (Å²) in [5.74, 6) is 0.269. The van der Waals surface area contributed by atoms with Gasteiger partial charge in [0, 0.05) is 41.9 Å². The highest BCUT2D eigenvalue weighted by Gasteiger charge is 2.36. The fourth-order valence-corrected chi connectivity index (χ4v) is 5.53. The van der Waals surface area contributed by atoms with Gasteiger partial charge in [0.2, 0.25) is 0 Å². The molecule has 1 aromatic carbocycles. The number of hydrogen-bond acceptors (Lipinski definition) is 7. The summed E-state index contributed by atoms with van der Waals surface area (Å²) < 4.78 is 55.1. The molecule has 40 heavy (non-hydrogen) atoms. The van der Waals surface area contributed by atoms with Crippen LogP contribution < -0.4 is 9.64 Å². The highest BCUT2D eigenvalue weighted by molar-refractivity contribution is 5.89. The molecule has 1 aliphatic heterocycles. The summed E-state index contributed by atoms with van der Waals surface area (Å²) in [4.78, 5) is 18.2. The SMILES string of the molecule is CCC1CC[C@@H](CCOCc2c(-c3ccccc3OC(F)(F)F)noc2C2CC2)N1c1cc(C)c(C(=O)O)cn1. The third kappa shape index (κ3) is 6.09. The Labute approximate surface area is 230 Å². The van der Waals surface area contributed by atoms with Crippen molar-refractivity contribution in [1.82, 2.24) is 10.1 Å². The molecule has 0 spiro atoms. The molecular formula is C29H32F3N3O5. The third-order valence-corrected chi connectivity index (χ3v) is 7.66. The lowest BCUT2D eigenvalue weighted by Gasteiger charge is -2.31. The largest absolute Gasteiger partial charge is 0.573 e. The normalized spacial score (nSPS) is 19.3. The van der Waals surface area contributed by atoms with Crippen LogP contribution in [0.15, 0.2) is 41.1 Å². The van der Waals surface area contributed by atoms with Crippen LogP contribution in [-0.2, 0) is 11.3 Å². The number of rotatable bonds is 11. The Morgan fingerprint density at radius 2 is 1.93 bits per heavy atom. The molecule has 3 aromatic rings. The number of anilines is 1. The van der Waals surface area contributed by atoms with Gasteiger partial charge in [0.25, 0.3) is 0 Å². The summed E-state index contributed by atoms with van der Waals surface area (Å²) in [6, 6.07) is 8.19. The van der Waals surface area contributed by atoms with Gasteiger partial charge in [0.15, 0.2) is 0 Å². The average molecular weight is 560 g/mol. The topological polar surface area (TPSA) is 97.9 Å². The minimum atomic E-state index is -4.83. The van der Waals surface area contributed by atoms with Crippen molar-refractivity contribution >= 4 is 11.8 Å². The second-order valence-corrected chi connectivity index (χ2v) is 10.4. The first-order valence-electron chi connectivity index (χ1n) is 13.6. The van der Waals surface area contributed by atoms with Crippen molar-refractivity contribution in [1.29, 1.82) is 0 Å². The monoisotopic (exact) mass is 559 g/mol. The zero-order chi connectivity index (χ0) is 28.4. The van der Waals surface area contributed by atoms with Crippen LogP contribution in [0.5, 0.6) is 5.75 Å². The van der Waals surface area contributed by atoms with Crippen molar-refractivity contribution in [2.45, 2.75) is 83.3 Å². The van der Waals surface area contributed by atoms with Gasteiger partial charge in [0.05, 0.1) is 12.2 Å². The first-order valence-corrected chi connectivity index (χ1v) is 13.6. The van der Waals surface area contributed by atoms with Crippen LogP contribution in [0.4, 0.5) is 19.0 Å². The number of alkyl halides is 3. The Morgan fingerprint density at radius 1 is 1.18 bits per heavy atom. The molecular weight excluding hydrogens is 527 g/mol. The van der Waals surface area contributed by atoms with Crippen LogP contribution in [0.3, 0.4) is 0 Å². The predicted molar refractivity (Wildman–Crippen MR) is 140 cm³/mol. The third-order valence-electron chi connectivity index (χ3n) is 7.66. The number of hydrogen-bond donors (Lipinski definition) is 1. The van der Waals surface area contributed by atoms with E-state index < -0.39 is 12.3 Å². The number of pyridine rings is 1. The predicted octanol–water partition coefficient (Wildman–Crippen LogP) is 6.87. The summed E-state index contributed by atoms with van der Waals surface area (Å²) in [7, 11) is 0. The number of carboxylic acids is 1. The van der Waals surface area contributed by atoms with Crippen molar-refractivity contribution < 1.29 is 37.1 Å². The fraction of sp³-hybridized carbons (Fsp3) is 0.483. The van der Waals surface area contributed by atoms with Crippen LogP contribution in [0.2, 0.25) is 0 Å². The number of aromatic carboxylic acids is 1. The molecule has 1 saturated heterocycles. The standard InChI is InChI=1S/C29H32F3N3O5/c1-3-19-10-11-20(35(19)25-14-17(2)22(15-33-25)28(36)37)12-13-38-16-23-26(34-40-27(23)18-8-9-18)21-6-4-5-7-24(21)39-29(30,31)32/h4-7,14-15,18-20H,3,8-13,16H2,1-2H3,(H,36,37)/t19?,20-/m0/s1. The van der Waals surface area contributed by atoms with Gasteiger partial charge in [-0.25, -0.2) is 9.78 Å². The number of carboxylic acid groups (broad SMARTS) is 1. The molecule has 214 valence electrons. The van der Waals surface area contributed by atoms with E-state index in [1.807, 2.05) is 6.07 Å². The van der Waals surface area contributed by atoms with Crippen molar-refractivity contribution in [3.63, 3.8) is 0 Å². The van der Waals surface area contributed by atoms with Gasteiger partial charge in [0.1, 0.15) is 23.0 Å². The second-order valence-electron chi connectivity index (χ2n) is 10.4. The summed E-state index contributed by atoms with van der Waals surface area (Å²) in [6.07, 6.45) is 2.06. The Bertz CT molecular complexity index is 1350. The molecule has 2 fully saturated rings. The van der Waals surface area contributed by atoms with Gasteiger partial charge in [-0.1, -0.05) is 24.2 Å². The maximum atomic E-state index is 13.0. The van der Waals surface area contributed by atoms with Crippen LogP contribution in [0, 0.1) is 6.92 Å². The summed E-state index contributed by atoms with van der Waals surface area (Å²) in [6.45, 7) is 4.47. The van der Waals surface area contributed by atoms with Crippen LogP contribution in [0.1, 0.15) is 78.6 Å². The smallest absolute Gasteiger partial charge is 0.478 e. The number of carbonyl (C=O) groups is 1. The van der Waals surface area contributed by atoms with E-state index >= 15 is 0 Å². The first-order chi connectivity index (χ1) is 19.2. The lowest BCUT2D eigenvalue weighted by atomic mass is 10.0. The Morgan fingerprint density at radius 3 is 2.60 bits per heavy atom. The number of para-hydroxylation sites is 1. The highest BCUT2D eigenvalue weighted by Crippen LogP contribution is 2.45. The molecule has 8 nitrogen and oxygen atoms in total. The lowest BCUT2D eigenvalue weighted by Crippen LogP contribution is -2.37. The Kier molecular flexibility index (Phi) is 8.02. The number of aryl methyl sites for hydroxylation is 1. The molecule has 3 heterocycles. The number of aromatic nitrogens is 2. The zero-order valence-corrected chi connectivity index (χ0v) is 22.4. The van der Waals surface area contributed by atoms with Crippen LogP contribution >= 0.6 is 0 Å². The van der Waals surface area contributed by atoms with E-state index in [2.05, 4.69) is 26.7 Å². The van der Waals surface area contributed by atoms with Crippen LogP contribution in [-0.4, -0.2) is 46.3 Å². The molecule has 0 radical (unpaired) electrons. The molecule has 1 saturated carbocycles. The molecule has 2 atom stereocenters. The van der Waals surface area contributed by atoms with Gasteiger partial charge in [-0.15, -0.1) is 13.2 Å². The van der Waals surface area contributed by atoms with E-state index in [9.17, 15) is 23.1 Å². The molecule has 5 rings (SSSR count). The minimum absolute atomic E-state index is 0.152. The minimum Gasteiger partial charge on any atom is -0.478 e. The lowest BCUT2D eigenvalue weighted by molar-refractivity contribution is -0.274. The van der Waals surface area contributed by atoms with Crippen molar-refractivity contribution in [2.75, 3.05) is 11.5 Å². The van der Waals surface area contributed by atoms with E-state index in [1.54, 1.807) is 13.0 Å². The number of benzene rings is 1. The average Bonchev–Trinajstić information content (AvgIpc) is 3.53. The molecule has 2 aliphatic rings. The van der Waals surface area contributed by atoms with Gasteiger partial charge in [-0.3, -0.25) is 0 Å². The van der Waals surface area contributed by atoms with E-state index in [-0.39, 0.29) is 35.4 Å². The van der Waals surface area contributed by atoms with E-state index in [0.717, 1.165) is 37.9 Å². The van der Waals surface area contributed by atoms with Crippen molar-refractivity contribution in [3.05, 3.63) is 59.0 Å². The van der Waals surface area contributed by atoms with Crippen molar-refractivity contribution in [2.24, 2.45) is 0 Å². The highest BCUT2D eigenvalue weighted by atomic mass is 19.4. The van der Waals surface area contributed by atoms with Gasteiger partial charge in [-0.05, 0) is 69.2 Å². The van der Waals surface area contributed by atoms with Gasteiger partial charge >= 0.3 is 12.3 Å². The number of ether oxygens (including phenoxy) is 2. The van der Waals surface area contributed by atoms with Crippen LogP contribution in [0.25, 0.3) is 11.3 Å². The number of halogens is 3. The molecule has 1 aliphatic carbocycles. The molecule has 1 unspecified atom stereocenters. The Balaban J connectivity index is 1.30. The van der Waals surface area contributed by atoms with E-state index in [0.29, 0.717) is 41.7 Å². The molecule has 11 heteroatoms.